The van der Waals surface area contributed by atoms with Crippen molar-refractivity contribution in [1.82, 2.24) is 5.32 Å². The van der Waals surface area contributed by atoms with Gasteiger partial charge in [-0.1, -0.05) is 31.4 Å². The molecule has 1 aromatic carbocycles. The molecule has 1 aliphatic rings. The fourth-order valence-electron chi connectivity index (χ4n) is 2.94. The molecule has 1 N–H and O–H groups in total. The van der Waals surface area contributed by atoms with Gasteiger partial charge in [-0.15, -0.1) is 0 Å². The van der Waals surface area contributed by atoms with Gasteiger partial charge in [-0.05, 0) is 31.2 Å². The lowest BCUT2D eigenvalue weighted by Crippen LogP contribution is -2.40. The predicted molar refractivity (Wildman–Crippen MR) is 90.7 cm³/mol. The van der Waals surface area contributed by atoms with Crippen molar-refractivity contribution in [1.29, 1.82) is 0 Å². The van der Waals surface area contributed by atoms with E-state index in [1.54, 1.807) is 7.11 Å². The van der Waals surface area contributed by atoms with Crippen LogP contribution >= 0.6 is 11.8 Å². The predicted octanol–water partition coefficient (Wildman–Crippen LogP) is 3.73. The molecule has 1 saturated carbocycles. The van der Waals surface area contributed by atoms with Crippen molar-refractivity contribution >= 4 is 11.8 Å². The Kier molecular flexibility index (Phi) is 6.71. The summed E-state index contributed by atoms with van der Waals surface area (Å²) in [6.07, 6.45) is 9.08. The maximum absolute atomic E-state index is 5.79. The minimum atomic E-state index is 0.447. The van der Waals surface area contributed by atoms with Gasteiger partial charge < -0.3 is 14.8 Å². The molecule has 0 heterocycles. The monoisotopic (exact) mass is 309 g/mol. The minimum Gasteiger partial charge on any atom is -0.493 e. The molecular formula is C17H27NO2S. The summed E-state index contributed by atoms with van der Waals surface area (Å²) >= 11 is 2.03. The molecule has 2 rings (SSSR count). The highest BCUT2D eigenvalue weighted by atomic mass is 32.2. The van der Waals surface area contributed by atoms with Crippen LogP contribution in [0.4, 0.5) is 0 Å². The molecule has 0 atom stereocenters. The van der Waals surface area contributed by atoms with Gasteiger partial charge >= 0.3 is 0 Å². The number of hydrogen-bond donors (Lipinski definition) is 1. The Morgan fingerprint density at radius 3 is 2.52 bits per heavy atom. The highest BCUT2D eigenvalue weighted by Gasteiger charge is 2.30. The number of para-hydroxylation sites is 2. The van der Waals surface area contributed by atoms with E-state index in [1.807, 2.05) is 36.0 Å². The normalized spacial score (nSPS) is 17.4. The lowest BCUT2D eigenvalue weighted by atomic mass is 9.88. The minimum absolute atomic E-state index is 0.447. The second-order valence-electron chi connectivity index (χ2n) is 5.62. The van der Waals surface area contributed by atoms with Gasteiger partial charge in [-0.3, -0.25) is 0 Å². The molecule has 21 heavy (non-hydrogen) atoms. The largest absolute Gasteiger partial charge is 0.493 e. The molecule has 1 aliphatic carbocycles. The van der Waals surface area contributed by atoms with Gasteiger partial charge in [-0.25, -0.2) is 0 Å². The van der Waals surface area contributed by atoms with E-state index in [0.29, 0.717) is 11.4 Å². The lowest BCUT2D eigenvalue weighted by molar-refractivity contribution is 0.286. The standard InChI is InChI=1S/C17H27NO2S/c1-19-15-8-4-5-9-16(15)20-13-12-18-14-17(21-2)10-6-3-7-11-17/h4-5,8-9,18H,3,6-7,10-14H2,1-2H3. The number of benzene rings is 1. The average Bonchev–Trinajstić information content (AvgIpc) is 2.56. The molecule has 0 amide bonds. The third-order valence-electron chi connectivity index (χ3n) is 4.25. The van der Waals surface area contributed by atoms with Crippen molar-refractivity contribution in [3.8, 4) is 11.5 Å². The van der Waals surface area contributed by atoms with E-state index in [9.17, 15) is 0 Å². The van der Waals surface area contributed by atoms with Crippen LogP contribution in [0.5, 0.6) is 11.5 Å². The Hall–Kier alpha value is -0.870. The molecule has 0 saturated heterocycles. The van der Waals surface area contributed by atoms with E-state index in [0.717, 1.165) is 24.6 Å². The SMILES string of the molecule is COc1ccccc1OCCNCC1(SC)CCCCC1. The van der Waals surface area contributed by atoms with Crippen molar-refractivity contribution in [3.63, 3.8) is 0 Å². The van der Waals surface area contributed by atoms with E-state index in [-0.39, 0.29) is 0 Å². The number of hydrogen-bond acceptors (Lipinski definition) is 4. The van der Waals surface area contributed by atoms with Crippen molar-refractivity contribution in [2.45, 2.75) is 36.9 Å². The summed E-state index contributed by atoms with van der Waals surface area (Å²) in [6, 6.07) is 7.79. The Bertz CT molecular complexity index is 419. The molecule has 0 bridgehead atoms. The zero-order valence-corrected chi connectivity index (χ0v) is 14.0. The van der Waals surface area contributed by atoms with E-state index in [2.05, 4.69) is 11.6 Å². The molecule has 3 nitrogen and oxygen atoms in total. The van der Waals surface area contributed by atoms with Crippen LogP contribution in [0.1, 0.15) is 32.1 Å². The van der Waals surface area contributed by atoms with Crippen LogP contribution in [0.2, 0.25) is 0 Å². The first-order chi connectivity index (χ1) is 10.3. The summed E-state index contributed by atoms with van der Waals surface area (Å²) in [5.41, 5.74) is 0. The van der Waals surface area contributed by atoms with Gasteiger partial charge in [0.1, 0.15) is 6.61 Å². The van der Waals surface area contributed by atoms with E-state index < -0.39 is 0 Å². The molecule has 0 unspecified atom stereocenters. The van der Waals surface area contributed by atoms with Crippen molar-refractivity contribution < 1.29 is 9.47 Å². The van der Waals surface area contributed by atoms with Crippen LogP contribution in [-0.4, -0.2) is 37.8 Å². The number of rotatable bonds is 8. The summed E-state index contributed by atoms with van der Waals surface area (Å²) < 4.78 is 11.5. The fraction of sp³-hybridized carbons (Fsp3) is 0.647. The Morgan fingerprint density at radius 1 is 1.14 bits per heavy atom. The van der Waals surface area contributed by atoms with Crippen LogP contribution in [0.25, 0.3) is 0 Å². The van der Waals surface area contributed by atoms with Gasteiger partial charge in [0.2, 0.25) is 0 Å². The van der Waals surface area contributed by atoms with Crippen molar-refractivity contribution in [2.24, 2.45) is 0 Å². The first-order valence-electron chi connectivity index (χ1n) is 7.81. The van der Waals surface area contributed by atoms with Crippen molar-refractivity contribution in [2.75, 3.05) is 33.1 Å². The maximum Gasteiger partial charge on any atom is 0.161 e. The zero-order valence-electron chi connectivity index (χ0n) is 13.2. The summed E-state index contributed by atoms with van der Waals surface area (Å²) in [5, 5.41) is 3.57. The van der Waals surface area contributed by atoms with Crippen LogP contribution in [0.3, 0.4) is 0 Å². The number of ether oxygens (including phenoxy) is 2. The molecule has 0 aromatic heterocycles. The summed E-state index contributed by atoms with van der Waals surface area (Å²) in [7, 11) is 1.67. The highest BCUT2D eigenvalue weighted by molar-refractivity contribution is 8.00. The van der Waals surface area contributed by atoms with Crippen LogP contribution < -0.4 is 14.8 Å². The van der Waals surface area contributed by atoms with Gasteiger partial charge in [-0.2, -0.15) is 11.8 Å². The van der Waals surface area contributed by atoms with Crippen LogP contribution in [0.15, 0.2) is 24.3 Å². The van der Waals surface area contributed by atoms with Crippen molar-refractivity contribution in [3.05, 3.63) is 24.3 Å². The van der Waals surface area contributed by atoms with Gasteiger partial charge in [0.25, 0.3) is 0 Å². The molecule has 4 heteroatoms. The van der Waals surface area contributed by atoms with Gasteiger partial charge in [0.15, 0.2) is 11.5 Å². The zero-order chi connectivity index (χ0) is 15.0. The topological polar surface area (TPSA) is 30.5 Å². The molecule has 1 aromatic rings. The summed E-state index contributed by atoms with van der Waals surface area (Å²) in [4.78, 5) is 0. The lowest BCUT2D eigenvalue weighted by Gasteiger charge is -2.36. The van der Waals surface area contributed by atoms with E-state index in [1.165, 1.54) is 32.1 Å². The van der Waals surface area contributed by atoms with Crippen LogP contribution in [0, 0.1) is 0 Å². The smallest absolute Gasteiger partial charge is 0.161 e. The average molecular weight is 309 g/mol. The molecule has 118 valence electrons. The van der Waals surface area contributed by atoms with Gasteiger partial charge in [0, 0.05) is 17.8 Å². The fourth-order valence-corrected chi connectivity index (χ4v) is 3.88. The van der Waals surface area contributed by atoms with E-state index in [4.69, 9.17) is 9.47 Å². The first-order valence-corrected chi connectivity index (χ1v) is 9.04. The summed E-state index contributed by atoms with van der Waals surface area (Å²) in [6.45, 7) is 2.63. The molecule has 0 spiro atoms. The molecule has 0 radical (unpaired) electrons. The van der Waals surface area contributed by atoms with E-state index >= 15 is 0 Å². The molecule has 1 fully saturated rings. The number of methoxy groups -OCH3 is 1. The maximum atomic E-state index is 5.79. The Labute approximate surface area is 132 Å². The third kappa shape index (κ3) is 4.82. The van der Waals surface area contributed by atoms with Gasteiger partial charge in [0.05, 0.1) is 7.11 Å². The molecule has 0 aliphatic heterocycles. The quantitative estimate of drug-likeness (QED) is 0.741. The first kappa shape index (κ1) is 16.5. The summed E-state index contributed by atoms with van der Waals surface area (Å²) in [5.74, 6) is 1.62. The van der Waals surface area contributed by atoms with Crippen LogP contribution in [-0.2, 0) is 0 Å². The number of thioether (sulfide) groups is 1. The Balaban J connectivity index is 1.69. The Morgan fingerprint density at radius 2 is 1.86 bits per heavy atom. The second kappa shape index (κ2) is 8.54. The highest BCUT2D eigenvalue weighted by Crippen LogP contribution is 2.37. The number of nitrogens with one attached hydrogen (secondary N) is 1. The third-order valence-corrected chi connectivity index (χ3v) is 5.67. The second-order valence-corrected chi connectivity index (χ2v) is 6.90. The molecular weight excluding hydrogens is 282 g/mol.